The number of halogens is 1. The van der Waals surface area contributed by atoms with Gasteiger partial charge in [-0.1, -0.05) is 43.6 Å². The van der Waals surface area contributed by atoms with Crippen LogP contribution in [0.3, 0.4) is 0 Å². The molecule has 1 rings (SSSR count). The second kappa shape index (κ2) is 7.50. The van der Waals surface area contributed by atoms with Gasteiger partial charge in [-0.05, 0) is 67.1 Å². The standard InChI is InChI=1S/C18H31BrO2Si/c1-13(8-9-21-22(6,7)18(3,4)5)10-16-14(2)11-15(19)12-17(16)20/h11-13,20H,8-10H2,1-7H3. The molecule has 1 aromatic rings. The summed E-state index contributed by atoms with van der Waals surface area (Å²) in [7, 11) is -1.65. The molecule has 0 bridgehead atoms. The number of hydrogen-bond donors (Lipinski definition) is 1. The van der Waals surface area contributed by atoms with Gasteiger partial charge in [0, 0.05) is 11.1 Å². The molecule has 2 nitrogen and oxygen atoms in total. The Bertz CT molecular complexity index is 483. The van der Waals surface area contributed by atoms with Crippen LogP contribution in [-0.2, 0) is 10.8 Å². The van der Waals surface area contributed by atoms with Crippen molar-refractivity contribution in [2.75, 3.05) is 6.61 Å². The fraction of sp³-hybridized carbons (Fsp3) is 0.667. The first kappa shape index (κ1) is 19.7. The number of rotatable bonds is 6. The number of hydrogen-bond acceptors (Lipinski definition) is 2. The first-order chi connectivity index (χ1) is 9.94. The van der Waals surface area contributed by atoms with E-state index in [0.717, 1.165) is 35.0 Å². The van der Waals surface area contributed by atoms with Crippen LogP contribution in [0.1, 0.15) is 45.2 Å². The minimum atomic E-state index is -1.65. The number of benzene rings is 1. The van der Waals surface area contributed by atoms with E-state index in [2.05, 4.69) is 69.7 Å². The van der Waals surface area contributed by atoms with Crippen LogP contribution in [0.25, 0.3) is 0 Å². The fourth-order valence-corrected chi connectivity index (χ4v) is 3.82. The quantitative estimate of drug-likeness (QED) is 0.602. The summed E-state index contributed by atoms with van der Waals surface area (Å²) in [6.07, 6.45) is 1.92. The Balaban J connectivity index is 2.57. The van der Waals surface area contributed by atoms with E-state index in [1.807, 2.05) is 0 Å². The molecule has 0 heterocycles. The summed E-state index contributed by atoms with van der Waals surface area (Å²) in [6.45, 7) is 16.5. The molecule has 4 heteroatoms. The van der Waals surface area contributed by atoms with Crippen LogP contribution < -0.4 is 0 Å². The Kier molecular flexibility index (Phi) is 6.72. The molecule has 0 fully saturated rings. The van der Waals surface area contributed by atoms with E-state index >= 15 is 0 Å². The molecular weight excluding hydrogens is 356 g/mol. The lowest BCUT2D eigenvalue weighted by molar-refractivity contribution is 0.259. The largest absolute Gasteiger partial charge is 0.508 e. The Morgan fingerprint density at radius 3 is 2.36 bits per heavy atom. The van der Waals surface area contributed by atoms with Crippen LogP contribution in [0.15, 0.2) is 16.6 Å². The number of phenols is 1. The SMILES string of the molecule is Cc1cc(Br)cc(O)c1CC(C)CCO[Si](C)(C)C(C)(C)C. The van der Waals surface area contributed by atoms with E-state index in [0.29, 0.717) is 11.7 Å². The highest BCUT2D eigenvalue weighted by atomic mass is 79.9. The number of aryl methyl sites for hydroxylation is 1. The highest BCUT2D eigenvalue weighted by Crippen LogP contribution is 2.37. The maximum atomic E-state index is 10.1. The average molecular weight is 387 g/mol. The summed E-state index contributed by atoms with van der Waals surface area (Å²) in [5, 5.41) is 10.4. The van der Waals surface area contributed by atoms with Crippen molar-refractivity contribution in [3.8, 4) is 5.75 Å². The predicted octanol–water partition coefficient (Wildman–Crippen LogP) is 6.05. The summed E-state index contributed by atoms with van der Waals surface area (Å²) >= 11 is 3.42. The van der Waals surface area contributed by atoms with E-state index in [9.17, 15) is 5.11 Å². The lowest BCUT2D eigenvalue weighted by Crippen LogP contribution is -2.41. The molecule has 0 radical (unpaired) electrons. The molecule has 0 saturated heterocycles. The third-order valence-corrected chi connectivity index (χ3v) is 9.84. The van der Waals surface area contributed by atoms with E-state index in [1.54, 1.807) is 6.07 Å². The molecule has 126 valence electrons. The molecule has 0 amide bonds. The zero-order chi connectivity index (χ0) is 17.1. The summed E-state index contributed by atoms with van der Waals surface area (Å²) in [6, 6.07) is 3.84. The topological polar surface area (TPSA) is 29.5 Å². The molecule has 0 aliphatic heterocycles. The third-order valence-electron chi connectivity index (χ3n) is 4.85. The molecule has 1 aromatic carbocycles. The van der Waals surface area contributed by atoms with E-state index < -0.39 is 8.32 Å². The zero-order valence-corrected chi connectivity index (χ0v) is 17.7. The Hall–Kier alpha value is -0.323. The van der Waals surface area contributed by atoms with Crippen molar-refractivity contribution >= 4 is 24.2 Å². The Morgan fingerprint density at radius 2 is 1.86 bits per heavy atom. The smallest absolute Gasteiger partial charge is 0.191 e. The van der Waals surface area contributed by atoms with Gasteiger partial charge in [0.15, 0.2) is 8.32 Å². The van der Waals surface area contributed by atoms with Crippen molar-refractivity contribution in [3.63, 3.8) is 0 Å². The minimum absolute atomic E-state index is 0.261. The molecule has 0 saturated carbocycles. The van der Waals surface area contributed by atoms with Crippen LogP contribution in [-0.4, -0.2) is 20.0 Å². The van der Waals surface area contributed by atoms with Crippen molar-refractivity contribution in [1.29, 1.82) is 0 Å². The Labute approximate surface area is 145 Å². The van der Waals surface area contributed by atoms with Crippen molar-refractivity contribution in [2.24, 2.45) is 5.92 Å². The zero-order valence-electron chi connectivity index (χ0n) is 15.1. The average Bonchev–Trinajstić information content (AvgIpc) is 2.32. The van der Waals surface area contributed by atoms with Crippen molar-refractivity contribution in [1.82, 2.24) is 0 Å². The van der Waals surface area contributed by atoms with Crippen LogP contribution in [0.2, 0.25) is 18.1 Å². The number of phenolic OH excluding ortho intramolecular Hbond substituents is 1. The lowest BCUT2D eigenvalue weighted by Gasteiger charge is -2.36. The maximum absolute atomic E-state index is 10.1. The van der Waals surface area contributed by atoms with Crippen molar-refractivity contribution in [2.45, 2.75) is 65.6 Å². The van der Waals surface area contributed by atoms with Gasteiger partial charge in [-0.15, -0.1) is 0 Å². The van der Waals surface area contributed by atoms with E-state index in [4.69, 9.17) is 4.43 Å². The summed E-state index contributed by atoms with van der Waals surface area (Å²) in [5.41, 5.74) is 2.20. The molecular formula is C18H31BrO2Si. The molecule has 0 aromatic heterocycles. The van der Waals surface area contributed by atoms with Gasteiger partial charge in [0.1, 0.15) is 5.75 Å². The second-order valence-electron chi connectivity index (χ2n) is 7.93. The lowest BCUT2D eigenvalue weighted by atomic mass is 9.95. The van der Waals surface area contributed by atoms with Gasteiger partial charge >= 0.3 is 0 Å². The van der Waals surface area contributed by atoms with Crippen LogP contribution in [0, 0.1) is 12.8 Å². The molecule has 1 unspecified atom stereocenters. The first-order valence-electron chi connectivity index (χ1n) is 8.06. The van der Waals surface area contributed by atoms with E-state index in [-0.39, 0.29) is 5.04 Å². The van der Waals surface area contributed by atoms with Gasteiger partial charge in [-0.3, -0.25) is 0 Å². The monoisotopic (exact) mass is 386 g/mol. The normalized spacial score (nSPS) is 14.2. The second-order valence-corrected chi connectivity index (χ2v) is 13.7. The third kappa shape index (κ3) is 5.39. The maximum Gasteiger partial charge on any atom is 0.191 e. The van der Waals surface area contributed by atoms with Crippen LogP contribution >= 0.6 is 15.9 Å². The molecule has 0 aliphatic carbocycles. The highest BCUT2D eigenvalue weighted by molar-refractivity contribution is 9.10. The van der Waals surface area contributed by atoms with Crippen LogP contribution in [0.5, 0.6) is 5.75 Å². The molecule has 22 heavy (non-hydrogen) atoms. The van der Waals surface area contributed by atoms with Gasteiger partial charge in [-0.2, -0.15) is 0 Å². The number of aromatic hydroxyl groups is 1. The first-order valence-corrected chi connectivity index (χ1v) is 11.8. The molecule has 0 aliphatic rings. The van der Waals surface area contributed by atoms with Gasteiger partial charge in [0.05, 0.1) is 0 Å². The van der Waals surface area contributed by atoms with Crippen LogP contribution in [0.4, 0.5) is 0 Å². The molecule has 0 spiro atoms. The predicted molar refractivity (Wildman–Crippen MR) is 101 cm³/mol. The minimum Gasteiger partial charge on any atom is -0.508 e. The van der Waals surface area contributed by atoms with Gasteiger partial charge in [0.25, 0.3) is 0 Å². The van der Waals surface area contributed by atoms with E-state index in [1.165, 1.54) is 0 Å². The van der Waals surface area contributed by atoms with Gasteiger partial charge < -0.3 is 9.53 Å². The highest BCUT2D eigenvalue weighted by Gasteiger charge is 2.36. The van der Waals surface area contributed by atoms with Crippen molar-refractivity contribution in [3.05, 3.63) is 27.7 Å². The van der Waals surface area contributed by atoms with Gasteiger partial charge in [0.2, 0.25) is 0 Å². The van der Waals surface area contributed by atoms with Gasteiger partial charge in [-0.25, -0.2) is 0 Å². The molecule has 1 N–H and O–H groups in total. The Morgan fingerprint density at radius 1 is 1.27 bits per heavy atom. The molecule has 1 atom stereocenters. The fourth-order valence-electron chi connectivity index (χ4n) is 2.20. The summed E-state index contributed by atoms with van der Waals surface area (Å²) in [5.74, 6) is 0.889. The summed E-state index contributed by atoms with van der Waals surface area (Å²) < 4.78 is 7.18. The van der Waals surface area contributed by atoms with Crippen molar-refractivity contribution < 1.29 is 9.53 Å². The summed E-state index contributed by atoms with van der Waals surface area (Å²) in [4.78, 5) is 0.